The molecule has 0 aliphatic carbocycles. The smallest absolute Gasteiger partial charge is 0.153 e. The van der Waals surface area contributed by atoms with Crippen molar-refractivity contribution in [3.63, 3.8) is 0 Å². The Balaban J connectivity index is 2.31. The minimum atomic E-state index is 0.523. The highest BCUT2D eigenvalue weighted by Gasteiger charge is 2.05. The van der Waals surface area contributed by atoms with Crippen molar-refractivity contribution < 1.29 is 4.74 Å². The zero-order valence-electron chi connectivity index (χ0n) is 8.77. The number of ether oxygens (including phenoxy) is 1. The van der Waals surface area contributed by atoms with Crippen molar-refractivity contribution in [2.24, 2.45) is 0 Å². The number of rotatable bonds is 2. The Morgan fingerprint density at radius 2 is 2.06 bits per heavy atom. The Kier molecular flexibility index (Phi) is 3.10. The van der Waals surface area contributed by atoms with Gasteiger partial charge in [-0.25, -0.2) is 0 Å². The fraction of sp³-hybridized carbons (Fsp3) is 0.0833. The van der Waals surface area contributed by atoms with Gasteiger partial charge in [0.2, 0.25) is 0 Å². The molecule has 1 heterocycles. The molecule has 82 valence electrons. The average molecular weight is 279 g/mol. The Hall–Kier alpha value is -1.55. The molecule has 2 N–H and O–H groups in total. The summed E-state index contributed by atoms with van der Waals surface area (Å²) in [5.41, 5.74) is 7.44. The third-order valence-electron chi connectivity index (χ3n) is 2.12. The van der Waals surface area contributed by atoms with E-state index >= 15 is 0 Å². The number of nitrogens with zero attached hydrogens (tertiary/aromatic N) is 1. The summed E-state index contributed by atoms with van der Waals surface area (Å²) in [6, 6.07) is 7.62. The van der Waals surface area contributed by atoms with Crippen LogP contribution in [0.2, 0.25) is 0 Å². The Morgan fingerprint density at radius 1 is 1.25 bits per heavy atom. The van der Waals surface area contributed by atoms with Gasteiger partial charge in [0.1, 0.15) is 5.75 Å². The second kappa shape index (κ2) is 4.53. The number of hydrogen-bond donors (Lipinski definition) is 1. The summed E-state index contributed by atoms with van der Waals surface area (Å²) >= 11 is 3.45. The van der Waals surface area contributed by atoms with E-state index in [2.05, 4.69) is 20.9 Å². The van der Waals surface area contributed by atoms with Gasteiger partial charge in [0.25, 0.3) is 0 Å². The predicted molar refractivity (Wildman–Crippen MR) is 67.6 cm³/mol. The van der Waals surface area contributed by atoms with Crippen LogP contribution >= 0.6 is 15.9 Å². The van der Waals surface area contributed by atoms with E-state index in [9.17, 15) is 0 Å². The molecule has 3 nitrogen and oxygen atoms in total. The first kappa shape index (κ1) is 11.0. The predicted octanol–water partition coefficient (Wildman–Crippen LogP) is 3.53. The van der Waals surface area contributed by atoms with E-state index in [1.807, 2.05) is 25.1 Å². The summed E-state index contributed by atoms with van der Waals surface area (Å²) in [6.45, 7) is 2.02. The van der Waals surface area contributed by atoms with Crippen LogP contribution in [0.5, 0.6) is 11.5 Å². The summed E-state index contributed by atoms with van der Waals surface area (Å²) in [4.78, 5) is 3.91. The summed E-state index contributed by atoms with van der Waals surface area (Å²) in [7, 11) is 0. The van der Waals surface area contributed by atoms with Crippen LogP contribution in [-0.4, -0.2) is 4.98 Å². The van der Waals surface area contributed by atoms with Gasteiger partial charge < -0.3 is 10.5 Å². The van der Waals surface area contributed by atoms with Crippen LogP contribution < -0.4 is 10.5 Å². The quantitative estimate of drug-likeness (QED) is 0.914. The zero-order valence-corrected chi connectivity index (χ0v) is 10.4. The highest BCUT2D eigenvalue weighted by molar-refractivity contribution is 9.10. The van der Waals surface area contributed by atoms with Gasteiger partial charge in [-0.2, -0.15) is 0 Å². The topological polar surface area (TPSA) is 48.1 Å². The highest BCUT2D eigenvalue weighted by Crippen LogP contribution is 2.32. The molecule has 0 aliphatic rings. The first-order chi connectivity index (χ1) is 7.66. The number of halogens is 1. The second-order valence-corrected chi connectivity index (χ2v) is 4.30. The van der Waals surface area contributed by atoms with Gasteiger partial charge in [-0.05, 0) is 40.5 Å². The maximum absolute atomic E-state index is 5.75. The van der Waals surface area contributed by atoms with Crippen LogP contribution in [0, 0.1) is 6.92 Å². The van der Waals surface area contributed by atoms with Gasteiger partial charge >= 0.3 is 0 Å². The van der Waals surface area contributed by atoms with Crippen molar-refractivity contribution in [3.05, 3.63) is 46.7 Å². The Morgan fingerprint density at radius 3 is 2.75 bits per heavy atom. The second-order valence-electron chi connectivity index (χ2n) is 3.45. The van der Waals surface area contributed by atoms with Gasteiger partial charge in [-0.15, -0.1) is 0 Å². The monoisotopic (exact) mass is 278 g/mol. The lowest BCUT2D eigenvalue weighted by molar-refractivity contribution is 0.481. The molecule has 0 spiro atoms. The van der Waals surface area contributed by atoms with Crippen molar-refractivity contribution in [2.45, 2.75) is 6.92 Å². The van der Waals surface area contributed by atoms with Crippen molar-refractivity contribution in [1.29, 1.82) is 0 Å². The molecule has 0 saturated carbocycles. The number of pyridine rings is 1. The Bertz CT molecular complexity index is 514. The van der Waals surface area contributed by atoms with Gasteiger partial charge in [-0.1, -0.05) is 6.07 Å². The fourth-order valence-corrected chi connectivity index (χ4v) is 1.87. The number of hydrogen-bond acceptors (Lipinski definition) is 3. The summed E-state index contributed by atoms with van der Waals surface area (Å²) in [5, 5.41) is 0. The normalized spacial score (nSPS) is 10.1. The van der Waals surface area contributed by atoms with Crippen LogP contribution in [-0.2, 0) is 0 Å². The molecule has 0 aliphatic heterocycles. The highest BCUT2D eigenvalue weighted by atomic mass is 79.9. The minimum absolute atomic E-state index is 0.523. The average Bonchev–Trinajstić information content (AvgIpc) is 2.25. The third kappa shape index (κ3) is 2.33. The molecule has 0 radical (unpaired) electrons. The number of nitrogen functional groups attached to an aromatic ring is 1. The first-order valence-corrected chi connectivity index (χ1v) is 5.59. The van der Waals surface area contributed by atoms with Gasteiger partial charge in [-0.3, -0.25) is 4.98 Å². The molecule has 0 bridgehead atoms. The molecule has 2 rings (SSSR count). The van der Waals surface area contributed by atoms with Gasteiger partial charge in [0.05, 0.1) is 16.4 Å². The molecule has 2 aromatic rings. The summed E-state index contributed by atoms with van der Waals surface area (Å²) < 4.78 is 6.59. The van der Waals surface area contributed by atoms with E-state index in [0.717, 1.165) is 10.2 Å². The standard InChI is InChI=1S/C12H11BrN2O/c1-8-2-3-11(9(13)6-8)16-12-4-5-15-7-10(12)14/h2-7H,14H2,1H3. The van der Waals surface area contributed by atoms with E-state index in [0.29, 0.717) is 11.4 Å². The van der Waals surface area contributed by atoms with E-state index in [4.69, 9.17) is 10.5 Å². The first-order valence-electron chi connectivity index (χ1n) is 4.80. The largest absolute Gasteiger partial charge is 0.454 e. The lowest BCUT2D eigenvalue weighted by atomic mass is 10.2. The molecule has 0 amide bonds. The number of anilines is 1. The van der Waals surface area contributed by atoms with Gasteiger partial charge in [0, 0.05) is 12.3 Å². The molecule has 0 fully saturated rings. The molecule has 4 heteroatoms. The lowest BCUT2D eigenvalue weighted by Gasteiger charge is -2.09. The molecular weight excluding hydrogens is 268 g/mol. The fourth-order valence-electron chi connectivity index (χ4n) is 1.29. The Labute approximate surface area is 102 Å². The van der Waals surface area contributed by atoms with Crippen molar-refractivity contribution >= 4 is 21.6 Å². The number of aromatic nitrogens is 1. The minimum Gasteiger partial charge on any atom is -0.454 e. The zero-order chi connectivity index (χ0) is 11.5. The molecule has 0 unspecified atom stereocenters. The van der Waals surface area contributed by atoms with E-state index in [1.54, 1.807) is 18.5 Å². The maximum atomic E-state index is 5.75. The molecule has 1 aromatic carbocycles. The third-order valence-corrected chi connectivity index (χ3v) is 2.74. The lowest BCUT2D eigenvalue weighted by Crippen LogP contribution is -1.93. The molecule has 0 saturated heterocycles. The van der Waals surface area contributed by atoms with Crippen molar-refractivity contribution in [2.75, 3.05) is 5.73 Å². The summed E-state index contributed by atoms with van der Waals surface area (Å²) in [6.07, 6.45) is 3.21. The van der Waals surface area contributed by atoms with E-state index < -0.39 is 0 Å². The van der Waals surface area contributed by atoms with Crippen LogP contribution in [0.15, 0.2) is 41.1 Å². The number of benzene rings is 1. The SMILES string of the molecule is Cc1ccc(Oc2ccncc2N)c(Br)c1. The van der Waals surface area contributed by atoms with E-state index in [1.165, 1.54) is 5.56 Å². The van der Waals surface area contributed by atoms with Crippen molar-refractivity contribution in [3.8, 4) is 11.5 Å². The molecule has 0 atom stereocenters. The van der Waals surface area contributed by atoms with Crippen LogP contribution in [0.1, 0.15) is 5.56 Å². The van der Waals surface area contributed by atoms with Crippen LogP contribution in [0.3, 0.4) is 0 Å². The summed E-state index contributed by atoms with van der Waals surface area (Å²) in [5.74, 6) is 1.35. The molecule has 16 heavy (non-hydrogen) atoms. The molecule has 1 aromatic heterocycles. The molecular formula is C12H11BrN2O. The van der Waals surface area contributed by atoms with Gasteiger partial charge in [0.15, 0.2) is 5.75 Å². The number of aryl methyl sites for hydroxylation is 1. The maximum Gasteiger partial charge on any atom is 0.153 e. The number of nitrogens with two attached hydrogens (primary N) is 1. The van der Waals surface area contributed by atoms with E-state index in [-0.39, 0.29) is 0 Å². The van der Waals surface area contributed by atoms with Crippen LogP contribution in [0.4, 0.5) is 5.69 Å². The van der Waals surface area contributed by atoms with Crippen molar-refractivity contribution in [1.82, 2.24) is 4.98 Å². The van der Waals surface area contributed by atoms with Crippen LogP contribution in [0.25, 0.3) is 0 Å².